The Morgan fingerprint density at radius 3 is 2.75 bits per heavy atom. The summed E-state index contributed by atoms with van der Waals surface area (Å²) in [5.74, 6) is -0.227. The van der Waals surface area contributed by atoms with Crippen LogP contribution in [-0.2, 0) is 14.3 Å². The summed E-state index contributed by atoms with van der Waals surface area (Å²) in [6.07, 6.45) is 7.09. The lowest BCUT2D eigenvalue weighted by molar-refractivity contribution is -0.124. The molecule has 5 heteroatoms. The Labute approximate surface area is 121 Å². The van der Waals surface area contributed by atoms with Gasteiger partial charge in [0.05, 0.1) is 19.3 Å². The Bertz CT molecular complexity index is 320. The molecule has 0 saturated heterocycles. The topological polar surface area (TPSA) is 73.6 Å². The van der Waals surface area contributed by atoms with Crippen molar-refractivity contribution < 1.29 is 14.3 Å². The van der Waals surface area contributed by atoms with Crippen LogP contribution in [0.1, 0.15) is 51.9 Å². The van der Waals surface area contributed by atoms with Gasteiger partial charge in [0.2, 0.25) is 5.91 Å². The normalized spacial score (nSPS) is 29.8. The Hall–Kier alpha value is -0.650. The van der Waals surface area contributed by atoms with Crippen LogP contribution >= 0.6 is 0 Å². The first-order chi connectivity index (χ1) is 9.66. The summed E-state index contributed by atoms with van der Waals surface area (Å²) in [6, 6.07) is 0.485. The minimum atomic E-state index is -0.533. The maximum atomic E-state index is 11.8. The van der Waals surface area contributed by atoms with Gasteiger partial charge in [0.1, 0.15) is 5.54 Å². The van der Waals surface area contributed by atoms with Crippen molar-refractivity contribution in [2.45, 2.75) is 69.6 Å². The van der Waals surface area contributed by atoms with Crippen LogP contribution in [0.5, 0.6) is 0 Å². The summed E-state index contributed by atoms with van der Waals surface area (Å²) in [4.78, 5) is 11.8. The van der Waals surface area contributed by atoms with Gasteiger partial charge in [-0.1, -0.05) is 13.3 Å². The van der Waals surface area contributed by atoms with Crippen LogP contribution in [0.2, 0.25) is 0 Å². The zero-order valence-corrected chi connectivity index (χ0v) is 12.5. The smallest absolute Gasteiger partial charge is 0.237 e. The Morgan fingerprint density at radius 2 is 2.10 bits per heavy atom. The number of primary amides is 1. The Morgan fingerprint density at radius 1 is 1.30 bits per heavy atom. The Balaban J connectivity index is 1.66. The molecule has 2 aliphatic rings. The van der Waals surface area contributed by atoms with Gasteiger partial charge >= 0.3 is 0 Å². The van der Waals surface area contributed by atoms with E-state index in [0.717, 1.165) is 45.1 Å². The number of hydrogen-bond acceptors (Lipinski definition) is 4. The van der Waals surface area contributed by atoms with Crippen molar-refractivity contribution in [2.24, 2.45) is 5.73 Å². The quantitative estimate of drug-likeness (QED) is 0.594. The molecule has 0 radical (unpaired) electrons. The highest BCUT2D eigenvalue weighted by atomic mass is 16.5. The number of nitrogens with two attached hydrogens (primary N) is 1. The lowest BCUT2D eigenvalue weighted by Crippen LogP contribution is -2.54. The van der Waals surface area contributed by atoms with E-state index in [1.165, 1.54) is 0 Å². The lowest BCUT2D eigenvalue weighted by Gasteiger charge is -2.27. The van der Waals surface area contributed by atoms with E-state index in [0.29, 0.717) is 25.7 Å². The summed E-state index contributed by atoms with van der Waals surface area (Å²) in [5.41, 5.74) is 5.07. The Kier molecular flexibility index (Phi) is 5.81. The molecule has 0 aliphatic heterocycles. The average Bonchev–Trinajstić information content (AvgIpc) is 3.13. The summed E-state index contributed by atoms with van der Waals surface area (Å²) in [7, 11) is 0. The van der Waals surface area contributed by atoms with Gasteiger partial charge in [0.25, 0.3) is 0 Å². The van der Waals surface area contributed by atoms with E-state index in [2.05, 4.69) is 12.2 Å². The number of rotatable bonds is 10. The van der Waals surface area contributed by atoms with E-state index < -0.39 is 5.54 Å². The second-order valence-corrected chi connectivity index (χ2v) is 6.07. The SMILES string of the molecule is CCCCOCCOC1CCC(NC2CC2)(C(N)=O)C1. The van der Waals surface area contributed by atoms with Crippen LogP contribution in [0.15, 0.2) is 0 Å². The van der Waals surface area contributed by atoms with E-state index in [9.17, 15) is 4.79 Å². The van der Waals surface area contributed by atoms with E-state index in [-0.39, 0.29) is 12.0 Å². The number of nitrogens with one attached hydrogen (secondary N) is 1. The fourth-order valence-corrected chi connectivity index (χ4v) is 2.81. The fourth-order valence-electron chi connectivity index (χ4n) is 2.81. The highest BCUT2D eigenvalue weighted by Gasteiger charge is 2.47. The molecule has 116 valence electrons. The van der Waals surface area contributed by atoms with Gasteiger partial charge in [0.15, 0.2) is 0 Å². The molecular formula is C15H28N2O3. The van der Waals surface area contributed by atoms with E-state index in [1.54, 1.807) is 0 Å². The van der Waals surface area contributed by atoms with Crippen LogP contribution in [0.3, 0.4) is 0 Å². The monoisotopic (exact) mass is 284 g/mol. The average molecular weight is 284 g/mol. The molecule has 0 aromatic carbocycles. The molecule has 2 rings (SSSR count). The van der Waals surface area contributed by atoms with E-state index in [1.807, 2.05) is 0 Å². The van der Waals surface area contributed by atoms with Crippen LogP contribution in [0.4, 0.5) is 0 Å². The molecular weight excluding hydrogens is 256 g/mol. The molecule has 1 amide bonds. The molecule has 5 nitrogen and oxygen atoms in total. The number of carbonyl (C=O) groups is 1. The fraction of sp³-hybridized carbons (Fsp3) is 0.933. The number of ether oxygens (including phenoxy) is 2. The molecule has 0 aromatic heterocycles. The summed E-state index contributed by atoms with van der Waals surface area (Å²) >= 11 is 0. The first-order valence-electron chi connectivity index (χ1n) is 7.93. The van der Waals surface area contributed by atoms with Crippen molar-refractivity contribution in [3.63, 3.8) is 0 Å². The third-order valence-corrected chi connectivity index (χ3v) is 4.22. The third kappa shape index (κ3) is 4.43. The van der Waals surface area contributed by atoms with Crippen molar-refractivity contribution in [1.82, 2.24) is 5.32 Å². The second-order valence-electron chi connectivity index (χ2n) is 6.07. The number of unbranched alkanes of at least 4 members (excludes halogenated alkanes) is 1. The summed E-state index contributed by atoms with van der Waals surface area (Å²) in [5, 5.41) is 3.43. The standard InChI is InChI=1S/C15H28N2O3/c1-2-3-8-19-9-10-20-13-6-7-15(11-13,14(16)18)17-12-4-5-12/h12-13,17H,2-11H2,1H3,(H2,16,18). The van der Waals surface area contributed by atoms with Gasteiger partial charge in [-0.05, 0) is 32.1 Å². The van der Waals surface area contributed by atoms with E-state index in [4.69, 9.17) is 15.2 Å². The minimum Gasteiger partial charge on any atom is -0.379 e. The van der Waals surface area contributed by atoms with Crippen molar-refractivity contribution in [1.29, 1.82) is 0 Å². The molecule has 0 aromatic rings. The molecule has 2 saturated carbocycles. The maximum absolute atomic E-state index is 11.8. The highest BCUT2D eigenvalue weighted by Crippen LogP contribution is 2.35. The molecule has 2 atom stereocenters. The van der Waals surface area contributed by atoms with Crippen molar-refractivity contribution in [3.8, 4) is 0 Å². The third-order valence-electron chi connectivity index (χ3n) is 4.22. The van der Waals surface area contributed by atoms with Gasteiger partial charge in [-0.15, -0.1) is 0 Å². The maximum Gasteiger partial charge on any atom is 0.237 e. The van der Waals surface area contributed by atoms with Crippen molar-refractivity contribution >= 4 is 5.91 Å². The predicted octanol–water partition coefficient (Wildman–Crippen LogP) is 1.35. The van der Waals surface area contributed by atoms with Gasteiger partial charge in [0, 0.05) is 19.1 Å². The molecule has 2 unspecified atom stereocenters. The van der Waals surface area contributed by atoms with Gasteiger partial charge in [-0.2, -0.15) is 0 Å². The highest BCUT2D eigenvalue weighted by molar-refractivity contribution is 5.85. The predicted molar refractivity (Wildman–Crippen MR) is 77.4 cm³/mol. The molecule has 2 fully saturated rings. The minimum absolute atomic E-state index is 0.128. The van der Waals surface area contributed by atoms with Crippen LogP contribution in [-0.4, -0.2) is 43.4 Å². The van der Waals surface area contributed by atoms with Gasteiger partial charge in [-0.3, -0.25) is 4.79 Å². The van der Waals surface area contributed by atoms with Crippen LogP contribution < -0.4 is 11.1 Å². The van der Waals surface area contributed by atoms with Gasteiger partial charge in [-0.25, -0.2) is 0 Å². The number of amides is 1. The lowest BCUT2D eigenvalue weighted by atomic mass is 9.96. The van der Waals surface area contributed by atoms with Crippen LogP contribution in [0.25, 0.3) is 0 Å². The second kappa shape index (κ2) is 7.38. The molecule has 20 heavy (non-hydrogen) atoms. The van der Waals surface area contributed by atoms with Crippen molar-refractivity contribution in [3.05, 3.63) is 0 Å². The molecule has 3 N–H and O–H groups in total. The summed E-state index contributed by atoms with van der Waals surface area (Å²) in [6.45, 7) is 4.19. The van der Waals surface area contributed by atoms with E-state index >= 15 is 0 Å². The van der Waals surface area contributed by atoms with Crippen LogP contribution in [0, 0.1) is 0 Å². The molecule has 0 heterocycles. The molecule has 0 spiro atoms. The van der Waals surface area contributed by atoms with Gasteiger partial charge < -0.3 is 20.5 Å². The summed E-state index contributed by atoms with van der Waals surface area (Å²) < 4.78 is 11.3. The molecule has 0 bridgehead atoms. The first-order valence-corrected chi connectivity index (χ1v) is 7.93. The molecule has 2 aliphatic carbocycles. The zero-order chi connectivity index (χ0) is 14.4. The zero-order valence-electron chi connectivity index (χ0n) is 12.5. The number of carbonyl (C=O) groups excluding carboxylic acids is 1. The van der Waals surface area contributed by atoms with Crippen molar-refractivity contribution in [2.75, 3.05) is 19.8 Å². The largest absolute Gasteiger partial charge is 0.379 e. The number of hydrogen-bond donors (Lipinski definition) is 2. The first kappa shape index (κ1) is 15.7.